The molecule has 2 unspecified atom stereocenters. The normalized spacial score (nSPS) is 33.8. The molecule has 0 aromatic carbocycles. The number of nitrogen functional groups attached to an aromatic ring is 1. The van der Waals surface area contributed by atoms with Crippen molar-refractivity contribution in [1.82, 2.24) is 4.98 Å². The van der Waals surface area contributed by atoms with Crippen molar-refractivity contribution in [2.24, 2.45) is 0 Å². The van der Waals surface area contributed by atoms with Crippen LogP contribution < -0.4 is 5.73 Å². The molecular formula is C8H12N2OS2. The van der Waals surface area contributed by atoms with Gasteiger partial charge in [0, 0.05) is 17.2 Å². The monoisotopic (exact) mass is 216 g/mol. The van der Waals surface area contributed by atoms with Gasteiger partial charge in [-0.1, -0.05) is 18.3 Å². The van der Waals surface area contributed by atoms with Crippen molar-refractivity contribution in [3.8, 4) is 0 Å². The van der Waals surface area contributed by atoms with Gasteiger partial charge in [0.25, 0.3) is 0 Å². The van der Waals surface area contributed by atoms with Gasteiger partial charge < -0.3 is 10.8 Å². The Labute approximate surface area is 85.4 Å². The maximum Gasteiger partial charge on any atom is 0.180 e. The third kappa shape index (κ3) is 1.68. The van der Waals surface area contributed by atoms with E-state index in [9.17, 15) is 5.11 Å². The van der Waals surface area contributed by atoms with E-state index in [0.29, 0.717) is 10.4 Å². The van der Waals surface area contributed by atoms with Crippen LogP contribution in [0.25, 0.3) is 0 Å². The molecule has 0 saturated carbocycles. The minimum atomic E-state index is -0.681. The smallest absolute Gasteiger partial charge is 0.180 e. The third-order valence-corrected chi connectivity index (χ3v) is 4.61. The van der Waals surface area contributed by atoms with Crippen molar-refractivity contribution in [3.05, 3.63) is 11.1 Å². The van der Waals surface area contributed by atoms with Crippen LogP contribution in [0, 0.1) is 0 Å². The minimum Gasteiger partial charge on any atom is -0.383 e. The van der Waals surface area contributed by atoms with Crippen LogP contribution >= 0.6 is 23.1 Å². The SMILES string of the molecule is CC1CC(O)(c2cnc(N)s2)CS1. The lowest BCUT2D eigenvalue weighted by atomic mass is 10.00. The first kappa shape index (κ1) is 9.30. The zero-order valence-electron chi connectivity index (χ0n) is 7.36. The molecule has 1 saturated heterocycles. The topological polar surface area (TPSA) is 59.1 Å². The Bertz CT molecular complexity index is 315. The van der Waals surface area contributed by atoms with Gasteiger partial charge in [-0.25, -0.2) is 4.98 Å². The molecule has 0 amide bonds. The van der Waals surface area contributed by atoms with Crippen LogP contribution in [-0.4, -0.2) is 21.1 Å². The van der Waals surface area contributed by atoms with E-state index in [4.69, 9.17) is 5.73 Å². The molecular weight excluding hydrogens is 204 g/mol. The van der Waals surface area contributed by atoms with Crippen LogP contribution in [-0.2, 0) is 5.60 Å². The molecule has 5 heteroatoms. The first-order valence-electron chi connectivity index (χ1n) is 4.16. The molecule has 1 aromatic heterocycles. The van der Waals surface area contributed by atoms with Gasteiger partial charge in [0.15, 0.2) is 5.13 Å². The maximum absolute atomic E-state index is 10.2. The van der Waals surface area contributed by atoms with E-state index in [0.717, 1.165) is 17.1 Å². The highest BCUT2D eigenvalue weighted by Crippen LogP contribution is 2.43. The van der Waals surface area contributed by atoms with E-state index in [-0.39, 0.29) is 0 Å². The molecule has 1 fully saturated rings. The molecule has 1 aromatic rings. The van der Waals surface area contributed by atoms with Gasteiger partial charge in [-0.3, -0.25) is 0 Å². The van der Waals surface area contributed by atoms with Gasteiger partial charge in [-0.2, -0.15) is 11.8 Å². The summed E-state index contributed by atoms with van der Waals surface area (Å²) < 4.78 is 0. The summed E-state index contributed by atoms with van der Waals surface area (Å²) in [6.07, 6.45) is 2.50. The predicted octanol–water partition coefficient (Wildman–Crippen LogP) is 1.44. The van der Waals surface area contributed by atoms with E-state index in [1.54, 1.807) is 18.0 Å². The molecule has 1 aliphatic heterocycles. The number of nitrogens with two attached hydrogens (primary N) is 1. The van der Waals surface area contributed by atoms with Gasteiger partial charge in [0.2, 0.25) is 0 Å². The zero-order valence-corrected chi connectivity index (χ0v) is 8.99. The molecule has 1 aliphatic rings. The highest BCUT2D eigenvalue weighted by Gasteiger charge is 2.39. The molecule has 2 atom stereocenters. The Morgan fingerprint density at radius 3 is 3.00 bits per heavy atom. The summed E-state index contributed by atoms with van der Waals surface area (Å²) in [5.41, 5.74) is 4.85. The summed E-state index contributed by atoms with van der Waals surface area (Å²) in [6.45, 7) is 2.13. The van der Waals surface area contributed by atoms with Crippen molar-refractivity contribution in [1.29, 1.82) is 0 Å². The molecule has 72 valence electrons. The van der Waals surface area contributed by atoms with Crippen molar-refractivity contribution in [2.45, 2.75) is 24.2 Å². The van der Waals surface area contributed by atoms with Crippen molar-refractivity contribution >= 4 is 28.2 Å². The fourth-order valence-electron chi connectivity index (χ4n) is 1.55. The predicted molar refractivity (Wildman–Crippen MR) is 57.0 cm³/mol. The van der Waals surface area contributed by atoms with Gasteiger partial charge >= 0.3 is 0 Å². The third-order valence-electron chi connectivity index (χ3n) is 2.21. The second-order valence-corrected chi connectivity index (χ2v) is 5.91. The Hall–Kier alpha value is -0.260. The lowest BCUT2D eigenvalue weighted by Crippen LogP contribution is -2.24. The van der Waals surface area contributed by atoms with E-state index in [2.05, 4.69) is 11.9 Å². The number of anilines is 1. The van der Waals surface area contributed by atoms with Crippen LogP contribution in [0.4, 0.5) is 5.13 Å². The molecule has 0 bridgehead atoms. The van der Waals surface area contributed by atoms with E-state index >= 15 is 0 Å². The molecule has 3 N–H and O–H groups in total. The van der Waals surface area contributed by atoms with Crippen LogP contribution in [0.2, 0.25) is 0 Å². The summed E-state index contributed by atoms with van der Waals surface area (Å²) in [7, 11) is 0. The zero-order chi connectivity index (χ0) is 9.47. The lowest BCUT2D eigenvalue weighted by Gasteiger charge is -2.18. The average molecular weight is 216 g/mol. The number of aromatic nitrogens is 1. The molecule has 2 rings (SSSR count). The van der Waals surface area contributed by atoms with Gasteiger partial charge in [0.1, 0.15) is 5.60 Å². The van der Waals surface area contributed by atoms with E-state index in [1.807, 2.05) is 0 Å². The molecule has 0 aliphatic carbocycles. The first-order valence-corrected chi connectivity index (χ1v) is 6.02. The molecule has 13 heavy (non-hydrogen) atoms. The average Bonchev–Trinajstić information content (AvgIpc) is 2.60. The van der Waals surface area contributed by atoms with Crippen LogP contribution in [0.1, 0.15) is 18.2 Å². The second kappa shape index (κ2) is 3.15. The summed E-state index contributed by atoms with van der Waals surface area (Å²) >= 11 is 3.19. The molecule has 3 nitrogen and oxygen atoms in total. The Kier molecular flexibility index (Phi) is 2.25. The van der Waals surface area contributed by atoms with Crippen molar-refractivity contribution in [3.63, 3.8) is 0 Å². The number of rotatable bonds is 1. The summed E-state index contributed by atoms with van der Waals surface area (Å²) in [4.78, 5) is 4.86. The quantitative estimate of drug-likeness (QED) is 0.745. The second-order valence-electron chi connectivity index (χ2n) is 3.42. The number of nitrogens with zero attached hydrogens (tertiary/aromatic N) is 1. The highest BCUT2D eigenvalue weighted by molar-refractivity contribution is 8.00. The molecule has 2 heterocycles. The summed E-state index contributed by atoms with van der Waals surface area (Å²) in [5.74, 6) is 0.760. The van der Waals surface area contributed by atoms with E-state index in [1.165, 1.54) is 11.3 Å². The standard InChI is InChI=1S/C8H12N2OS2/c1-5-2-8(11,4-12-5)6-3-10-7(9)13-6/h3,5,11H,2,4H2,1H3,(H2,9,10). The van der Waals surface area contributed by atoms with Gasteiger partial charge in [0.05, 0.1) is 4.88 Å². The van der Waals surface area contributed by atoms with Crippen LogP contribution in [0.5, 0.6) is 0 Å². The van der Waals surface area contributed by atoms with E-state index < -0.39 is 5.60 Å². The van der Waals surface area contributed by atoms with Gasteiger partial charge in [-0.05, 0) is 6.42 Å². The van der Waals surface area contributed by atoms with Crippen molar-refractivity contribution in [2.75, 3.05) is 11.5 Å². The number of thioether (sulfide) groups is 1. The fraction of sp³-hybridized carbons (Fsp3) is 0.625. The number of thiazole rings is 1. The lowest BCUT2D eigenvalue weighted by molar-refractivity contribution is 0.0648. The molecule has 0 radical (unpaired) electrons. The Morgan fingerprint density at radius 2 is 2.54 bits per heavy atom. The Morgan fingerprint density at radius 1 is 1.77 bits per heavy atom. The first-order chi connectivity index (χ1) is 6.10. The Balaban J connectivity index is 2.25. The fourth-order valence-corrected chi connectivity index (χ4v) is 3.65. The van der Waals surface area contributed by atoms with Crippen molar-refractivity contribution < 1.29 is 5.11 Å². The minimum absolute atomic E-state index is 0.522. The number of hydrogen-bond donors (Lipinski definition) is 2. The number of hydrogen-bond acceptors (Lipinski definition) is 5. The highest BCUT2D eigenvalue weighted by atomic mass is 32.2. The number of aliphatic hydroxyl groups is 1. The largest absolute Gasteiger partial charge is 0.383 e. The summed E-state index contributed by atoms with van der Waals surface area (Å²) in [5, 5.41) is 11.3. The summed E-state index contributed by atoms with van der Waals surface area (Å²) in [6, 6.07) is 0. The molecule has 0 spiro atoms. The maximum atomic E-state index is 10.2. The van der Waals surface area contributed by atoms with Crippen LogP contribution in [0.3, 0.4) is 0 Å². The van der Waals surface area contributed by atoms with Gasteiger partial charge in [-0.15, -0.1) is 0 Å². The van der Waals surface area contributed by atoms with Crippen LogP contribution in [0.15, 0.2) is 6.20 Å².